The van der Waals surface area contributed by atoms with E-state index < -0.39 is 6.09 Å². The topological polar surface area (TPSA) is 55.8 Å². The molecule has 4 rings (SSSR count). The molecular weight excluding hydrogens is 322 g/mol. The van der Waals surface area contributed by atoms with E-state index in [-0.39, 0.29) is 0 Å². The van der Waals surface area contributed by atoms with E-state index in [0.29, 0.717) is 25.0 Å². The van der Waals surface area contributed by atoms with Gasteiger partial charge in [-0.3, -0.25) is 0 Å². The predicted molar refractivity (Wildman–Crippen MR) is 80.7 cm³/mol. The van der Waals surface area contributed by atoms with Crippen LogP contribution in [-0.2, 0) is 0 Å². The van der Waals surface area contributed by atoms with Gasteiger partial charge in [0.2, 0.25) is 0 Å². The smallest absolute Gasteiger partial charge is 0.407 e. The zero-order valence-electron chi connectivity index (χ0n) is 11.0. The van der Waals surface area contributed by atoms with Gasteiger partial charge in [-0.2, -0.15) is 0 Å². The highest BCUT2D eigenvalue weighted by Gasteiger charge is 2.44. The number of rotatable bonds is 0. The van der Waals surface area contributed by atoms with Crippen molar-refractivity contribution in [3.8, 4) is 0 Å². The normalized spacial score (nSPS) is 26.9. The van der Waals surface area contributed by atoms with Crippen molar-refractivity contribution in [1.82, 2.24) is 4.90 Å². The Kier molecular flexibility index (Phi) is 2.64. The van der Waals surface area contributed by atoms with E-state index >= 15 is 0 Å². The standard InChI is InChI=1S/C14H16BrN3O2/c15-8-5-9-10-7-17(14(19)20)3-1-12(10)18-4-2-16-11(6-8)13(9)18/h5-6,10,12,16H,1-4,7H2,(H,19,20)/t10-,12-/m0/s1. The molecule has 6 heteroatoms. The number of carbonyl (C=O) groups is 1. The number of hydrogen-bond donors (Lipinski definition) is 2. The van der Waals surface area contributed by atoms with Gasteiger partial charge in [-0.15, -0.1) is 0 Å². The molecule has 0 radical (unpaired) electrons. The fourth-order valence-electron chi connectivity index (χ4n) is 3.90. The van der Waals surface area contributed by atoms with E-state index in [9.17, 15) is 9.90 Å². The van der Waals surface area contributed by atoms with Crippen molar-refractivity contribution in [2.24, 2.45) is 0 Å². The number of nitrogens with one attached hydrogen (secondary N) is 1. The predicted octanol–water partition coefficient (Wildman–Crippen LogP) is 2.53. The van der Waals surface area contributed by atoms with Crippen LogP contribution in [0.3, 0.4) is 0 Å². The lowest BCUT2D eigenvalue weighted by Gasteiger charge is -2.39. The number of hydrogen-bond acceptors (Lipinski definition) is 3. The van der Waals surface area contributed by atoms with E-state index in [1.165, 1.54) is 16.9 Å². The first-order valence-corrected chi connectivity index (χ1v) is 7.76. The molecule has 5 nitrogen and oxygen atoms in total. The van der Waals surface area contributed by atoms with Gasteiger partial charge in [-0.05, 0) is 24.1 Å². The van der Waals surface area contributed by atoms with Gasteiger partial charge in [0.25, 0.3) is 0 Å². The van der Waals surface area contributed by atoms with Gasteiger partial charge in [-0.1, -0.05) is 15.9 Å². The van der Waals surface area contributed by atoms with Crippen LogP contribution in [-0.4, -0.2) is 48.3 Å². The average Bonchev–Trinajstić information content (AvgIpc) is 2.74. The fraction of sp³-hybridized carbons (Fsp3) is 0.500. The maximum absolute atomic E-state index is 11.2. The van der Waals surface area contributed by atoms with Crippen LogP contribution in [0.1, 0.15) is 17.9 Å². The monoisotopic (exact) mass is 337 g/mol. The average molecular weight is 338 g/mol. The first-order chi connectivity index (χ1) is 9.65. The summed E-state index contributed by atoms with van der Waals surface area (Å²) in [4.78, 5) is 15.3. The summed E-state index contributed by atoms with van der Waals surface area (Å²) in [5, 5.41) is 12.7. The van der Waals surface area contributed by atoms with Crippen molar-refractivity contribution in [3.63, 3.8) is 0 Å². The molecule has 2 N–H and O–H groups in total. The Labute approximate surface area is 125 Å². The Balaban J connectivity index is 1.79. The SMILES string of the molecule is O=C(O)N1CC[C@H]2[C@@H](C1)c1cc(Br)cc3c1N2CCN3. The molecule has 1 aromatic carbocycles. The van der Waals surface area contributed by atoms with E-state index in [2.05, 4.69) is 38.3 Å². The third-order valence-corrected chi connectivity index (χ3v) is 5.16. The first kappa shape index (κ1) is 12.3. The summed E-state index contributed by atoms with van der Waals surface area (Å²) in [5.74, 6) is 0.297. The molecule has 0 saturated carbocycles. The molecule has 3 aliphatic rings. The van der Waals surface area contributed by atoms with Gasteiger partial charge >= 0.3 is 6.09 Å². The van der Waals surface area contributed by atoms with Crippen LogP contribution >= 0.6 is 15.9 Å². The zero-order chi connectivity index (χ0) is 13.9. The highest BCUT2D eigenvalue weighted by atomic mass is 79.9. The van der Waals surface area contributed by atoms with E-state index in [4.69, 9.17) is 0 Å². The number of carboxylic acid groups (broad SMARTS) is 1. The van der Waals surface area contributed by atoms with Crippen molar-refractivity contribution < 1.29 is 9.90 Å². The number of likely N-dealkylation sites (tertiary alicyclic amines) is 1. The van der Waals surface area contributed by atoms with Crippen LogP contribution in [0.25, 0.3) is 0 Å². The lowest BCUT2D eigenvalue weighted by Crippen LogP contribution is -2.49. The third-order valence-electron chi connectivity index (χ3n) is 4.71. The molecule has 3 heterocycles. The van der Waals surface area contributed by atoms with Crippen molar-refractivity contribution in [3.05, 3.63) is 22.2 Å². The molecule has 0 bridgehead atoms. The van der Waals surface area contributed by atoms with Gasteiger partial charge in [0.15, 0.2) is 0 Å². The molecule has 1 amide bonds. The molecule has 1 fully saturated rings. The van der Waals surface area contributed by atoms with Gasteiger partial charge < -0.3 is 20.2 Å². The minimum Gasteiger partial charge on any atom is -0.465 e. The molecule has 106 valence electrons. The quantitative estimate of drug-likeness (QED) is 0.763. The number of fused-ring (bicyclic) bond motifs is 3. The minimum absolute atomic E-state index is 0.297. The number of amides is 1. The Hall–Kier alpha value is -1.43. The van der Waals surface area contributed by atoms with Gasteiger partial charge in [0.05, 0.1) is 11.4 Å². The maximum atomic E-state index is 11.2. The van der Waals surface area contributed by atoms with E-state index in [0.717, 1.165) is 24.0 Å². The van der Waals surface area contributed by atoms with Gasteiger partial charge in [-0.25, -0.2) is 4.79 Å². The lowest BCUT2D eigenvalue weighted by atomic mass is 9.89. The summed E-state index contributed by atoms with van der Waals surface area (Å²) in [6.45, 7) is 3.22. The van der Waals surface area contributed by atoms with Crippen molar-refractivity contribution >= 4 is 33.4 Å². The second-order valence-corrected chi connectivity index (χ2v) is 6.62. The summed E-state index contributed by atoms with van der Waals surface area (Å²) in [5.41, 5.74) is 3.76. The number of nitrogens with zero attached hydrogens (tertiary/aromatic N) is 2. The Bertz CT molecular complexity index is 592. The fourth-order valence-corrected chi connectivity index (χ4v) is 4.38. The summed E-state index contributed by atoms with van der Waals surface area (Å²) >= 11 is 3.57. The van der Waals surface area contributed by atoms with Crippen LogP contribution in [0.5, 0.6) is 0 Å². The maximum Gasteiger partial charge on any atom is 0.407 e. The summed E-state index contributed by atoms with van der Waals surface area (Å²) in [6.07, 6.45) is 0.120. The van der Waals surface area contributed by atoms with Crippen LogP contribution in [0.2, 0.25) is 0 Å². The van der Waals surface area contributed by atoms with Crippen molar-refractivity contribution in [2.45, 2.75) is 18.4 Å². The second kappa shape index (κ2) is 4.28. The Morgan fingerprint density at radius 2 is 2.25 bits per heavy atom. The first-order valence-electron chi connectivity index (χ1n) is 6.97. The molecule has 0 spiro atoms. The Morgan fingerprint density at radius 1 is 1.40 bits per heavy atom. The minimum atomic E-state index is -0.799. The summed E-state index contributed by atoms with van der Waals surface area (Å²) < 4.78 is 1.06. The molecular formula is C14H16BrN3O2. The summed E-state index contributed by atoms with van der Waals surface area (Å²) in [6, 6.07) is 4.74. The van der Waals surface area contributed by atoms with E-state index in [1.807, 2.05) is 0 Å². The van der Waals surface area contributed by atoms with Crippen LogP contribution in [0.4, 0.5) is 16.2 Å². The molecule has 3 aliphatic heterocycles. The molecule has 1 aromatic rings. The summed E-state index contributed by atoms with van der Waals surface area (Å²) in [7, 11) is 0. The van der Waals surface area contributed by atoms with Crippen LogP contribution in [0.15, 0.2) is 16.6 Å². The second-order valence-electron chi connectivity index (χ2n) is 5.70. The molecule has 0 aliphatic carbocycles. The molecule has 2 atom stereocenters. The molecule has 0 unspecified atom stereocenters. The van der Waals surface area contributed by atoms with Crippen LogP contribution < -0.4 is 10.2 Å². The number of benzene rings is 1. The number of halogens is 1. The highest BCUT2D eigenvalue weighted by Crippen LogP contribution is 2.50. The third kappa shape index (κ3) is 1.63. The molecule has 0 aromatic heterocycles. The molecule has 20 heavy (non-hydrogen) atoms. The number of anilines is 2. The highest BCUT2D eigenvalue weighted by molar-refractivity contribution is 9.10. The zero-order valence-corrected chi connectivity index (χ0v) is 12.6. The number of piperidine rings is 1. The Morgan fingerprint density at radius 3 is 3.05 bits per heavy atom. The van der Waals surface area contributed by atoms with Crippen LogP contribution in [0, 0.1) is 0 Å². The lowest BCUT2D eigenvalue weighted by molar-refractivity contribution is 0.127. The molecule has 1 saturated heterocycles. The van der Waals surface area contributed by atoms with Gasteiger partial charge in [0.1, 0.15) is 0 Å². The largest absolute Gasteiger partial charge is 0.465 e. The van der Waals surface area contributed by atoms with Crippen molar-refractivity contribution in [2.75, 3.05) is 36.4 Å². The van der Waals surface area contributed by atoms with Gasteiger partial charge in [0, 0.05) is 42.6 Å². The van der Waals surface area contributed by atoms with E-state index in [1.54, 1.807) is 4.90 Å². The van der Waals surface area contributed by atoms with Crippen molar-refractivity contribution in [1.29, 1.82) is 0 Å².